The molecule has 1 saturated heterocycles. The van der Waals surface area contributed by atoms with Gasteiger partial charge in [0.25, 0.3) is 0 Å². The minimum absolute atomic E-state index is 0.317. The third kappa shape index (κ3) is 2.77. The van der Waals surface area contributed by atoms with Crippen LogP contribution < -0.4 is 10.5 Å². The second-order valence-electron chi connectivity index (χ2n) is 6.67. The molecule has 3 heterocycles. The molecule has 2 aromatic heterocycles. The molecule has 25 heavy (non-hydrogen) atoms. The summed E-state index contributed by atoms with van der Waals surface area (Å²) in [4.78, 5) is 13.9. The Morgan fingerprint density at radius 3 is 2.88 bits per heavy atom. The van der Waals surface area contributed by atoms with Crippen molar-refractivity contribution in [1.29, 1.82) is 0 Å². The quantitative estimate of drug-likeness (QED) is 0.761. The zero-order valence-electron chi connectivity index (χ0n) is 14.8. The van der Waals surface area contributed by atoms with Crippen LogP contribution in [0.4, 0.5) is 5.95 Å². The number of fused-ring (bicyclic) bond motifs is 3. The lowest BCUT2D eigenvalue weighted by molar-refractivity contribution is 0.0915. The maximum Gasteiger partial charge on any atom is 0.223 e. The minimum atomic E-state index is 0.317. The molecule has 1 fully saturated rings. The second-order valence-corrected chi connectivity index (χ2v) is 6.67. The summed E-state index contributed by atoms with van der Waals surface area (Å²) in [6, 6.07) is 6.23. The Bertz CT molecular complexity index is 922. The molecule has 1 aromatic carbocycles. The number of nitrogens with zero attached hydrogens (tertiary/aromatic N) is 6. The lowest BCUT2D eigenvalue weighted by Gasteiger charge is -2.37. The maximum atomic E-state index is 6.11. The summed E-state index contributed by atoms with van der Waals surface area (Å²) in [6.45, 7) is 6.07. The topological polar surface area (TPSA) is 84.8 Å². The highest BCUT2D eigenvalue weighted by molar-refractivity contribution is 5.95. The lowest BCUT2D eigenvalue weighted by Crippen LogP contribution is -2.49. The van der Waals surface area contributed by atoms with Gasteiger partial charge in [-0.15, -0.1) is 5.10 Å². The van der Waals surface area contributed by atoms with Gasteiger partial charge in [-0.2, -0.15) is 4.52 Å². The zero-order chi connectivity index (χ0) is 17.6. The van der Waals surface area contributed by atoms with E-state index in [1.54, 1.807) is 11.6 Å². The molecule has 0 bridgehead atoms. The number of para-hydroxylation sites is 1. The van der Waals surface area contributed by atoms with E-state index in [9.17, 15) is 0 Å². The van der Waals surface area contributed by atoms with Gasteiger partial charge in [0.2, 0.25) is 5.95 Å². The van der Waals surface area contributed by atoms with Gasteiger partial charge in [0, 0.05) is 31.1 Å². The molecule has 8 heteroatoms. The van der Waals surface area contributed by atoms with Gasteiger partial charge in [-0.1, -0.05) is 6.07 Å². The number of nitrogens with two attached hydrogens (primary N) is 1. The first-order valence-electron chi connectivity index (χ1n) is 8.47. The molecule has 2 N–H and O–H groups in total. The molecule has 1 aliphatic heterocycles. The highest BCUT2D eigenvalue weighted by Crippen LogP contribution is 2.27. The third-order valence-corrected chi connectivity index (χ3v) is 4.87. The first kappa shape index (κ1) is 16.0. The Hall–Kier alpha value is -2.45. The van der Waals surface area contributed by atoms with Crippen LogP contribution in [-0.2, 0) is 6.54 Å². The fourth-order valence-electron chi connectivity index (χ4n) is 3.49. The van der Waals surface area contributed by atoms with Gasteiger partial charge in [0.1, 0.15) is 11.3 Å². The number of benzene rings is 1. The highest BCUT2D eigenvalue weighted by atomic mass is 16.5. The van der Waals surface area contributed by atoms with Crippen molar-refractivity contribution in [2.45, 2.75) is 19.5 Å². The third-order valence-electron chi connectivity index (χ3n) is 4.87. The van der Waals surface area contributed by atoms with Gasteiger partial charge >= 0.3 is 0 Å². The number of piperazine rings is 1. The van der Waals surface area contributed by atoms with Crippen molar-refractivity contribution < 1.29 is 4.74 Å². The van der Waals surface area contributed by atoms with Crippen molar-refractivity contribution in [1.82, 2.24) is 29.4 Å². The second kappa shape index (κ2) is 6.12. The number of ether oxygens (including phenoxy) is 1. The molecule has 4 rings (SSSR count). The van der Waals surface area contributed by atoms with Crippen LogP contribution in [-0.4, -0.2) is 69.2 Å². The Kier molecular flexibility index (Phi) is 3.93. The molecule has 1 atom stereocenters. The van der Waals surface area contributed by atoms with Crippen LogP contribution in [0.2, 0.25) is 0 Å². The number of hydrogen-bond acceptors (Lipinski definition) is 7. The van der Waals surface area contributed by atoms with E-state index < -0.39 is 0 Å². The summed E-state index contributed by atoms with van der Waals surface area (Å²) in [7, 11) is 3.78. The Morgan fingerprint density at radius 2 is 2.12 bits per heavy atom. The number of likely N-dealkylation sites (N-methyl/N-ethyl adjacent to an activating group) is 1. The van der Waals surface area contributed by atoms with E-state index in [0.29, 0.717) is 29.8 Å². The Balaban J connectivity index is 1.75. The smallest absolute Gasteiger partial charge is 0.223 e. The number of aromatic nitrogens is 4. The van der Waals surface area contributed by atoms with E-state index in [2.05, 4.69) is 33.9 Å². The first-order valence-corrected chi connectivity index (χ1v) is 8.47. The number of hydrogen-bond donors (Lipinski definition) is 1. The highest BCUT2D eigenvalue weighted by Gasteiger charge is 2.23. The van der Waals surface area contributed by atoms with E-state index in [4.69, 9.17) is 15.5 Å². The molecule has 132 valence electrons. The molecular formula is C17H23N7O. The van der Waals surface area contributed by atoms with Crippen LogP contribution in [0.25, 0.3) is 16.6 Å². The van der Waals surface area contributed by atoms with E-state index in [1.165, 1.54) is 0 Å². The van der Waals surface area contributed by atoms with Crippen molar-refractivity contribution in [2.24, 2.45) is 0 Å². The number of nitrogen functional groups attached to an aromatic ring is 1. The minimum Gasteiger partial charge on any atom is -0.494 e. The summed E-state index contributed by atoms with van der Waals surface area (Å²) in [5.74, 6) is 1.77. The number of anilines is 1. The van der Waals surface area contributed by atoms with Gasteiger partial charge in [-0.25, -0.2) is 9.97 Å². The monoisotopic (exact) mass is 341 g/mol. The normalized spacial score (nSPS) is 19.7. The summed E-state index contributed by atoms with van der Waals surface area (Å²) >= 11 is 0. The fraction of sp³-hybridized carbons (Fsp3) is 0.471. The van der Waals surface area contributed by atoms with Crippen LogP contribution in [0.3, 0.4) is 0 Å². The summed E-state index contributed by atoms with van der Waals surface area (Å²) < 4.78 is 7.02. The van der Waals surface area contributed by atoms with Gasteiger partial charge in [0.15, 0.2) is 11.5 Å². The van der Waals surface area contributed by atoms with Crippen LogP contribution in [0.5, 0.6) is 5.75 Å². The molecular weight excluding hydrogens is 318 g/mol. The average Bonchev–Trinajstić information content (AvgIpc) is 3.02. The van der Waals surface area contributed by atoms with Crippen molar-refractivity contribution in [3.63, 3.8) is 0 Å². The van der Waals surface area contributed by atoms with Crippen LogP contribution >= 0.6 is 0 Å². The Morgan fingerprint density at radius 1 is 1.28 bits per heavy atom. The average molecular weight is 341 g/mol. The summed E-state index contributed by atoms with van der Waals surface area (Å²) in [5, 5.41) is 5.48. The van der Waals surface area contributed by atoms with Gasteiger partial charge in [-0.05, 0) is 26.1 Å². The van der Waals surface area contributed by atoms with Crippen LogP contribution in [0, 0.1) is 0 Å². The van der Waals surface area contributed by atoms with Crippen molar-refractivity contribution in [3.8, 4) is 5.75 Å². The predicted molar refractivity (Wildman–Crippen MR) is 96.6 cm³/mol. The molecule has 0 radical (unpaired) electrons. The SMILES string of the molecule is COc1cccc2c1nc(N)n1nc(CN3CCN(C)CC3C)nc21. The standard InChI is InChI=1S/C17H23N7O/c1-11-9-22(2)7-8-23(11)10-14-19-16-12-5-4-6-13(25-3)15(12)20-17(18)24(16)21-14/h4-6,11H,7-10H2,1-3H3,(H2,18,20). The van der Waals surface area contributed by atoms with E-state index in [-0.39, 0.29) is 0 Å². The molecule has 0 spiro atoms. The first-order chi connectivity index (χ1) is 12.1. The molecule has 0 aliphatic carbocycles. The van der Waals surface area contributed by atoms with Crippen LogP contribution in [0.1, 0.15) is 12.7 Å². The van der Waals surface area contributed by atoms with Crippen molar-refractivity contribution >= 4 is 22.5 Å². The predicted octanol–water partition coefficient (Wildman–Crippen LogP) is 1.00. The van der Waals surface area contributed by atoms with Crippen molar-refractivity contribution in [3.05, 3.63) is 24.0 Å². The Labute approximate surface area is 146 Å². The zero-order valence-corrected chi connectivity index (χ0v) is 14.8. The van der Waals surface area contributed by atoms with E-state index >= 15 is 0 Å². The molecule has 0 saturated carbocycles. The summed E-state index contributed by atoms with van der Waals surface area (Å²) in [6.07, 6.45) is 0. The van der Waals surface area contributed by atoms with Gasteiger partial charge < -0.3 is 15.4 Å². The maximum absolute atomic E-state index is 6.11. The number of methoxy groups -OCH3 is 1. The fourth-order valence-corrected chi connectivity index (χ4v) is 3.49. The van der Waals surface area contributed by atoms with E-state index in [0.717, 1.165) is 36.5 Å². The van der Waals surface area contributed by atoms with Crippen molar-refractivity contribution in [2.75, 3.05) is 39.5 Å². The molecule has 1 unspecified atom stereocenters. The van der Waals surface area contributed by atoms with Gasteiger partial charge in [-0.3, -0.25) is 4.90 Å². The largest absolute Gasteiger partial charge is 0.494 e. The lowest BCUT2D eigenvalue weighted by atomic mass is 10.2. The van der Waals surface area contributed by atoms with E-state index in [1.807, 2.05) is 18.2 Å². The molecule has 0 amide bonds. The molecule has 1 aliphatic rings. The number of rotatable bonds is 3. The summed E-state index contributed by atoms with van der Waals surface area (Å²) in [5.41, 5.74) is 7.54. The molecule has 3 aromatic rings. The molecule has 8 nitrogen and oxygen atoms in total. The van der Waals surface area contributed by atoms with Crippen LogP contribution in [0.15, 0.2) is 18.2 Å². The van der Waals surface area contributed by atoms with Gasteiger partial charge in [0.05, 0.1) is 13.7 Å².